The van der Waals surface area contributed by atoms with Gasteiger partial charge in [-0.1, -0.05) is 17.8 Å². The summed E-state index contributed by atoms with van der Waals surface area (Å²) < 4.78 is 5.59. The molecular formula is C12H19N3OS. The molecule has 0 bridgehead atoms. The van der Waals surface area contributed by atoms with Crippen molar-refractivity contribution in [1.82, 2.24) is 9.97 Å². The highest BCUT2D eigenvalue weighted by Crippen LogP contribution is 2.18. The molecule has 0 amide bonds. The molecule has 17 heavy (non-hydrogen) atoms. The number of ether oxygens (including phenoxy) is 1. The lowest BCUT2D eigenvalue weighted by molar-refractivity contribution is 0.297. The average molecular weight is 253 g/mol. The first kappa shape index (κ1) is 13.8. The molecule has 0 aliphatic heterocycles. The molecule has 0 radical (unpaired) electrons. The van der Waals surface area contributed by atoms with Gasteiger partial charge in [-0.15, -0.1) is 6.58 Å². The summed E-state index contributed by atoms with van der Waals surface area (Å²) in [7, 11) is 0. The maximum atomic E-state index is 5.59. The first-order valence-electron chi connectivity index (χ1n) is 5.70. The quantitative estimate of drug-likeness (QED) is 0.334. The van der Waals surface area contributed by atoms with E-state index in [1.165, 1.54) is 11.8 Å². The highest BCUT2D eigenvalue weighted by Gasteiger charge is 2.04. The van der Waals surface area contributed by atoms with Crippen LogP contribution in [0, 0.1) is 0 Å². The predicted octanol–water partition coefficient (Wildman–Crippen LogP) is 2.98. The summed E-state index contributed by atoms with van der Waals surface area (Å²) in [6.07, 6.45) is 5.76. The second-order valence-electron chi connectivity index (χ2n) is 3.39. The minimum absolute atomic E-state index is 0.629. The molecule has 94 valence electrons. The fourth-order valence-corrected chi connectivity index (χ4v) is 1.62. The van der Waals surface area contributed by atoms with E-state index in [1.54, 1.807) is 0 Å². The summed E-state index contributed by atoms with van der Waals surface area (Å²) in [6.45, 7) is 7.20. The number of thioether (sulfide) groups is 1. The number of hydrogen-bond acceptors (Lipinski definition) is 5. The molecule has 0 unspecified atom stereocenters. The summed E-state index contributed by atoms with van der Waals surface area (Å²) in [5, 5.41) is 3.89. The van der Waals surface area contributed by atoms with Crippen LogP contribution in [0.25, 0.3) is 0 Å². The second kappa shape index (κ2) is 7.95. The maximum absolute atomic E-state index is 5.59. The Morgan fingerprint density at radius 1 is 1.53 bits per heavy atom. The molecule has 4 nitrogen and oxygen atoms in total. The molecule has 1 aromatic heterocycles. The molecular weight excluding hydrogens is 234 g/mol. The lowest BCUT2D eigenvalue weighted by atomic mass is 10.3. The topological polar surface area (TPSA) is 47.0 Å². The fraction of sp³-hybridized carbons (Fsp3) is 0.500. The molecule has 1 heterocycles. The van der Waals surface area contributed by atoms with Crippen LogP contribution in [0.4, 0.5) is 5.82 Å². The van der Waals surface area contributed by atoms with E-state index in [0.717, 1.165) is 30.4 Å². The molecule has 0 aromatic carbocycles. The van der Waals surface area contributed by atoms with Gasteiger partial charge in [0.1, 0.15) is 5.82 Å². The third kappa shape index (κ3) is 5.08. The van der Waals surface area contributed by atoms with Gasteiger partial charge >= 0.3 is 0 Å². The number of hydrogen-bond donors (Lipinski definition) is 1. The Morgan fingerprint density at radius 2 is 2.35 bits per heavy atom. The van der Waals surface area contributed by atoms with Crippen LogP contribution in [0.5, 0.6) is 5.88 Å². The number of nitrogens with zero attached hydrogens (tertiary/aromatic N) is 2. The van der Waals surface area contributed by atoms with E-state index in [4.69, 9.17) is 4.74 Å². The van der Waals surface area contributed by atoms with Gasteiger partial charge in [0.25, 0.3) is 0 Å². The highest BCUT2D eigenvalue weighted by molar-refractivity contribution is 7.98. The van der Waals surface area contributed by atoms with E-state index in [2.05, 4.69) is 21.9 Å². The number of aromatic nitrogens is 2. The van der Waals surface area contributed by atoms with Crippen LogP contribution in [0.3, 0.4) is 0 Å². The van der Waals surface area contributed by atoms with Crippen molar-refractivity contribution in [3.05, 3.63) is 18.7 Å². The maximum Gasteiger partial charge on any atom is 0.219 e. The van der Waals surface area contributed by atoms with Gasteiger partial charge in [0.15, 0.2) is 5.16 Å². The molecule has 0 saturated carbocycles. The van der Waals surface area contributed by atoms with Gasteiger partial charge in [-0.2, -0.15) is 4.98 Å². The van der Waals surface area contributed by atoms with Crippen LogP contribution < -0.4 is 10.1 Å². The summed E-state index contributed by atoms with van der Waals surface area (Å²) in [4.78, 5) is 8.63. The average Bonchev–Trinajstić information content (AvgIpc) is 2.35. The van der Waals surface area contributed by atoms with Gasteiger partial charge < -0.3 is 10.1 Å². The van der Waals surface area contributed by atoms with Gasteiger partial charge in [-0.05, 0) is 26.0 Å². The molecule has 1 aromatic rings. The Bertz CT molecular complexity index is 358. The van der Waals surface area contributed by atoms with Crippen LogP contribution in [0.15, 0.2) is 23.9 Å². The van der Waals surface area contributed by atoms with Crippen LogP contribution in [-0.4, -0.2) is 29.4 Å². The van der Waals surface area contributed by atoms with Gasteiger partial charge in [-0.3, -0.25) is 0 Å². The Balaban J connectivity index is 2.62. The summed E-state index contributed by atoms with van der Waals surface area (Å²) >= 11 is 1.51. The van der Waals surface area contributed by atoms with Crippen molar-refractivity contribution in [1.29, 1.82) is 0 Å². The van der Waals surface area contributed by atoms with E-state index in [9.17, 15) is 0 Å². The van der Waals surface area contributed by atoms with Crippen molar-refractivity contribution in [3.63, 3.8) is 0 Å². The lowest BCUT2D eigenvalue weighted by Crippen LogP contribution is -2.04. The van der Waals surface area contributed by atoms with Crippen LogP contribution in [0.2, 0.25) is 0 Å². The molecule has 0 atom stereocenters. The lowest BCUT2D eigenvalue weighted by Gasteiger charge is -2.08. The second-order valence-corrected chi connectivity index (χ2v) is 4.16. The first-order valence-corrected chi connectivity index (χ1v) is 6.93. The third-order valence-electron chi connectivity index (χ3n) is 2.03. The molecule has 5 heteroatoms. The summed E-state index contributed by atoms with van der Waals surface area (Å²) in [5.74, 6) is 1.44. The third-order valence-corrected chi connectivity index (χ3v) is 2.57. The number of allylic oxidation sites excluding steroid dienone is 1. The zero-order valence-corrected chi connectivity index (χ0v) is 11.2. The van der Waals surface area contributed by atoms with Crippen LogP contribution >= 0.6 is 11.8 Å². The Labute approximate surface area is 107 Å². The van der Waals surface area contributed by atoms with Crippen molar-refractivity contribution < 1.29 is 4.74 Å². The van der Waals surface area contributed by atoms with Gasteiger partial charge in [0, 0.05) is 12.6 Å². The Hall–Kier alpha value is -1.23. The number of nitrogens with one attached hydrogen (secondary N) is 1. The van der Waals surface area contributed by atoms with Crippen molar-refractivity contribution in [2.45, 2.75) is 24.9 Å². The van der Waals surface area contributed by atoms with E-state index >= 15 is 0 Å². The molecule has 0 spiro atoms. The molecule has 0 fully saturated rings. The van der Waals surface area contributed by atoms with E-state index in [1.807, 2.05) is 25.3 Å². The molecule has 0 saturated heterocycles. The minimum Gasteiger partial charge on any atom is -0.477 e. The van der Waals surface area contributed by atoms with E-state index in [0.29, 0.717) is 12.5 Å². The number of unbranched alkanes of at least 4 members (excludes halogenated alkanes) is 1. The zero-order chi connectivity index (χ0) is 12.5. The van der Waals surface area contributed by atoms with Gasteiger partial charge in [0.05, 0.1) is 6.61 Å². The van der Waals surface area contributed by atoms with Gasteiger partial charge in [-0.25, -0.2) is 4.98 Å². The largest absolute Gasteiger partial charge is 0.477 e. The smallest absolute Gasteiger partial charge is 0.219 e. The summed E-state index contributed by atoms with van der Waals surface area (Å²) in [5.41, 5.74) is 0. The zero-order valence-electron chi connectivity index (χ0n) is 10.4. The van der Waals surface area contributed by atoms with Crippen molar-refractivity contribution in [2.24, 2.45) is 0 Å². The summed E-state index contributed by atoms with van der Waals surface area (Å²) in [6, 6.07) is 1.83. The first-order chi connectivity index (χ1) is 8.30. The monoisotopic (exact) mass is 253 g/mol. The van der Waals surface area contributed by atoms with Crippen molar-refractivity contribution in [2.75, 3.05) is 24.7 Å². The Morgan fingerprint density at radius 3 is 3.00 bits per heavy atom. The normalized spacial score (nSPS) is 10.0. The van der Waals surface area contributed by atoms with Crippen LogP contribution in [-0.2, 0) is 0 Å². The molecule has 0 aliphatic carbocycles. The van der Waals surface area contributed by atoms with Gasteiger partial charge in [0.2, 0.25) is 5.88 Å². The standard InChI is InChI=1S/C12H19N3OS/c1-4-6-7-8-16-11-9-10(13-5-2)14-12(15-11)17-3/h4,9H,1,5-8H2,2-3H3,(H,13,14,15). The van der Waals surface area contributed by atoms with Crippen LogP contribution in [0.1, 0.15) is 19.8 Å². The Kier molecular flexibility index (Phi) is 6.47. The molecule has 0 aliphatic rings. The fourth-order valence-electron chi connectivity index (χ4n) is 1.25. The predicted molar refractivity (Wildman–Crippen MR) is 72.9 cm³/mol. The number of rotatable bonds is 8. The minimum atomic E-state index is 0.629. The van der Waals surface area contributed by atoms with Crippen molar-refractivity contribution in [3.8, 4) is 5.88 Å². The number of anilines is 1. The SMILES string of the molecule is C=CCCCOc1cc(NCC)nc(SC)n1. The van der Waals surface area contributed by atoms with Crippen molar-refractivity contribution >= 4 is 17.6 Å². The molecule has 1 N–H and O–H groups in total. The van der Waals surface area contributed by atoms with E-state index in [-0.39, 0.29) is 0 Å². The highest BCUT2D eigenvalue weighted by atomic mass is 32.2. The molecule has 1 rings (SSSR count). The van der Waals surface area contributed by atoms with E-state index < -0.39 is 0 Å².